The Labute approximate surface area is 119 Å². The van der Waals surface area contributed by atoms with Gasteiger partial charge in [0, 0.05) is 12.2 Å². The van der Waals surface area contributed by atoms with Crippen molar-refractivity contribution in [1.29, 1.82) is 0 Å². The number of carbonyl (C=O) groups excluding carboxylic acids is 1. The molecule has 1 aromatic carbocycles. The van der Waals surface area contributed by atoms with E-state index in [-0.39, 0.29) is 5.91 Å². The van der Waals surface area contributed by atoms with Crippen molar-refractivity contribution in [3.8, 4) is 0 Å². The summed E-state index contributed by atoms with van der Waals surface area (Å²) in [4.78, 5) is 29.9. The van der Waals surface area contributed by atoms with Crippen LogP contribution in [0.25, 0.3) is 0 Å². The molecule has 3 rings (SSSR count). The highest BCUT2D eigenvalue weighted by atomic mass is 32.1. The number of anilines is 1. The minimum atomic E-state index is -0.845. The summed E-state index contributed by atoms with van der Waals surface area (Å²) >= 11 is 1.29. The van der Waals surface area contributed by atoms with E-state index in [0.29, 0.717) is 29.1 Å². The van der Waals surface area contributed by atoms with Crippen LogP contribution in [-0.4, -0.2) is 28.5 Å². The molecule has 1 N–H and O–H groups in total. The standard InChI is InChI=1S/C14H12N2O3S/c17-13(12-7-15-8-20-12)16-6-5-10(14(18)19)9-3-1-2-4-11(9)16/h1-4,7-8,10H,5-6H2,(H,18,19). The maximum absolute atomic E-state index is 12.4. The number of carboxylic acid groups (broad SMARTS) is 1. The zero-order valence-corrected chi connectivity index (χ0v) is 11.3. The fourth-order valence-electron chi connectivity index (χ4n) is 2.48. The Morgan fingerprint density at radius 2 is 2.15 bits per heavy atom. The van der Waals surface area contributed by atoms with Crippen LogP contribution in [0.2, 0.25) is 0 Å². The average Bonchev–Trinajstić information content (AvgIpc) is 2.99. The third-order valence-electron chi connectivity index (χ3n) is 3.43. The van der Waals surface area contributed by atoms with E-state index in [1.165, 1.54) is 11.3 Å². The fourth-order valence-corrected chi connectivity index (χ4v) is 3.05. The molecular weight excluding hydrogens is 276 g/mol. The summed E-state index contributed by atoms with van der Waals surface area (Å²) in [5, 5.41) is 9.28. The number of aromatic nitrogens is 1. The number of fused-ring (bicyclic) bond motifs is 1. The molecule has 2 heterocycles. The summed E-state index contributed by atoms with van der Waals surface area (Å²) in [5.41, 5.74) is 3.00. The predicted molar refractivity (Wildman–Crippen MR) is 75.2 cm³/mol. The lowest BCUT2D eigenvalue weighted by Gasteiger charge is -2.32. The molecule has 0 saturated carbocycles. The van der Waals surface area contributed by atoms with Gasteiger partial charge in [0.2, 0.25) is 0 Å². The number of carboxylic acids is 1. The van der Waals surface area contributed by atoms with Crippen molar-refractivity contribution in [1.82, 2.24) is 4.98 Å². The summed E-state index contributed by atoms with van der Waals surface area (Å²) in [6.45, 7) is 0.407. The third-order valence-corrected chi connectivity index (χ3v) is 4.19. The topological polar surface area (TPSA) is 70.5 Å². The SMILES string of the molecule is O=C(O)C1CCN(C(=O)c2cncs2)c2ccccc21. The van der Waals surface area contributed by atoms with Gasteiger partial charge in [-0.05, 0) is 18.1 Å². The zero-order chi connectivity index (χ0) is 14.1. The first-order valence-corrected chi connectivity index (χ1v) is 7.08. The Hall–Kier alpha value is -2.21. The number of hydrogen-bond acceptors (Lipinski definition) is 4. The fraction of sp³-hybridized carbons (Fsp3) is 0.214. The van der Waals surface area contributed by atoms with E-state index >= 15 is 0 Å². The molecule has 2 aromatic rings. The highest BCUT2D eigenvalue weighted by Gasteiger charge is 2.32. The van der Waals surface area contributed by atoms with Crippen molar-refractivity contribution in [2.45, 2.75) is 12.3 Å². The average molecular weight is 288 g/mol. The van der Waals surface area contributed by atoms with Crippen molar-refractivity contribution in [3.63, 3.8) is 0 Å². The summed E-state index contributed by atoms with van der Waals surface area (Å²) in [5.74, 6) is -1.51. The van der Waals surface area contributed by atoms with Crippen molar-refractivity contribution in [2.75, 3.05) is 11.4 Å². The first-order chi connectivity index (χ1) is 9.68. The summed E-state index contributed by atoms with van der Waals surface area (Å²) in [6.07, 6.45) is 1.97. The monoisotopic (exact) mass is 288 g/mol. The van der Waals surface area contributed by atoms with Gasteiger partial charge in [-0.15, -0.1) is 11.3 Å². The van der Waals surface area contributed by atoms with E-state index in [1.807, 2.05) is 6.07 Å². The van der Waals surface area contributed by atoms with Gasteiger partial charge >= 0.3 is 5.97 Å². The van der Waals surface area contributed by atoms with Crippen LogP contribution in [0, 0.1) is 0 Å². The molecule has 102 valence electrons. The molecule has 0 bridgehead atoms. The Bertz CT molecular complexity index is 654. The molecule has 0 fully saturated rings. The number of rotatable bonds is 2. The number of thiazole rings is 1. The number of carbonyl (C=O) groups is 2. The van der Waals surface area contributed by atoms with Gasteiger partial charge in [-0.25, -0.2) is 0 Å². The molecule has 1 aliphatic heterocycles. The molecule has 1 atom stereocenters. The second-order valence-corrected chi connectivity index (χ2v) is 5.45. The van der Waals surface area contributed by atoms with Crippen molar-refractivity contribution >= 4 is 28.9 Å². The smallest absolute Gasteiger partial charge is 0.311 e. The van der Waals surface area contributed by atoms with Gasteiger partial charge in [0.15, 0.2) is 0 Å². The number of para-hydroxylation sites is 1. The molecule has 0 radical (unpaired) electrons. The number of amides is 1. The van der Waals surface area contributed by atoms with Crippen LogP contribution in [0.1, 0.15) is 27.6 Å². The van der Waals surface area contributed by atoms with E-state index in [1.54, 1.807) is 34.8 Å². The normalized spacial score (nSPS) is 17.6. The van der Waals surface area contributed by atoms with Gasteiger partial charge in [0.1, 0.15) is 4.88 Å². The molecular formula is C14H12N2O3S. The van der Waals surface area contributed by atoms with Crippen molar-refractivity contribution < 1.29 is 14.7 Å². The van der Waals surface area contributed by atoms with Crippen LogP contribution in [0.4, 0.5) is 5.69 Å². The second kappa shape index (κ2) is 5.05. The van der Waals surface area contributed by atoms with E-state index in [0.717, 1.165) is 0 Å². The number of hydrogen-bond donors (Lipinski definition) is 1. The molecule has 0 aliphatic carbocycles. The number of nitrogens with zero attached hydrogens (tertiary/aromatic N) is 2. The van der Waals surface area contributed by atoms with Crippen LogP contribution >= 0.6 is 11.3 Å². The number of benzene rings is 1. The van der Waals surface area contributed by atoms with Crippen LogP contribution in [0.3, 0.4) is 0 Å². The van der Waals surface area contributed by atoms with Crippen LogP contribution in [-0.2, 0) is 4.79 Å². The van der Waals surface area contributed by atoms with Crippen LogP contribution in [0.5, 0.6) is 0 Å². The first-order valence-electron chi connectivity index (χ1n) is 6.20. The molecule has 1 unspecified atom stereocenters. The van der Waals surface area contributed by atoms with E-state index < -0.39 is 11.9 Å². The molecule has 1 aromatic heterocycles. The van der Waals surface area contributed by atoms with E-state index in [2.05, 4.69) is 4.98 Å². The number of aliphatic carboxylic acids is 1. The molecule has 0 saturated heterocycles. The quantitative estimate of drug-likeness (QED) is 0.921. The maximum atomic E-state index is 12.4. The first kappa shape index (κ1) is 12.8. The Kier molecular flexibility index (Phi) is 3.23. The molecule has 1 aliphatic rings. The Morgan fingerprint density at radius 1 is 1.35 bits per heavy atom. The highest BCUT2D eigenvalue weighted by Crippen LogP contribution is 2.36. The molecule has 6 heteroatoms. The molecule has 20 heavy (non-hydrogen) atoms. The lowest BCUT2D eigenvalue weighted by molar-refractivity contribution is -0.139. The largest absolute Gasteiger partial charge is 0.481 e. The zero-order valence-electron chi connectivity index (χ0n) is 10.5. The van der Waals surface area contributed by atoms with Gasteiger partial charge in [-0.1, -0.05) is 18.2 Å². The Morgan fingerprint density at radius 3 is 2.85 bits per heavy atom. The molecule has 1 amide bonds. The summed E-state index contributed by atoms with van der Waals surface area (Å²) in [6, 6.07) is 7.19. The summed E-state index contributed by atoms with van der Waals surface area (Å²) in [7, 11) is 0. The molecule has 0 spiro atoms. The van der Waals surface area contributed by atoms with E-state index in [4.69, 9.17) is 0 Å². The van der Waals surface area contributed by atoms with E-state index in [9.17, 15) is 14.7 Å². The maximum Gasteiger partial charge on any atom is 0.311 e. The minimum Gasteiger partial charge on any atom is -0.481 e. The Balaban J connectivity index is 2.01. The summed E-state index contributed by atoms with van der Waals surface area (Å²) < 4.78 is 0. The lowest BCUT2D eigenvalue weighted by atomic mass is 9.90. The van der Waals surface area contributed by atoms with Gasteiger partial charge in [-0.3, -0.25) is 14.6 Å². The predicted octanol–water partition coefficient (Wildman–Crippen LogP) is 2.36. The van der Waals surface area contributed by atoms with Gasteiger partial charge in [-0.2, -0.15) is 0 Å². The van der Waals surface area contributed by atoms with Gasteiger partial charge < -0.3 is 10.0 Å². The minimum absolute atomic E-state index is 0.121. The van der Waals surface area contributed by atoms with Crippen LogP contribution < -0.4 is 4.90 Å². The lowest BCUT2D eigenvalue weighted by Crippen LogP contribution is -2.37. The highest BCUT2D eigenvalue weighted by molar-refractivity contribution is 7.11. The van der Waals surface area contributed by atoms with Crippen molar-refractivity contribution in [3.05, 3.63) is 46.4 Å². The van der Waals surface area contributed by atoms with Gasteiger partial charge in [0.05, 0.1) is 17.6 Å². The van der Waals surface area contributed by atoms with Gasteiger partial charge in [0.25, 0.3) is 5.91 Å². The van der Waals surface area contributed by atoms with Crippen molar-refractivity contribution in [2.24, 2.45) is 0 Å². The van der Waals surface area contributed by atoms with Crippen LogP contribution in [0.15, 0.2) is 36.0 Å². The molecule has 5 nitrogen and oxygen atoms in total. The third kappa shape index (κ3) is 2.08. The second-order valence-electron chi connectivity index (χ2n) is 4.56.